The second kappa shape index (κ2) is 6.24. The van der Waals surface area contributed by atoms with Crippen LogP contribution in [-0.2, 0) is 0 Å². The van der Waals surface area contributed by atoms with Gasteiger partial charge in [-0.05, 0) is 34.1 Å². The minimum absolute atomic E-state index is 0.200. The third-order valence-corrected chi connectivity index (χ3v) is 4.34. The number of hydrogen-bond donors (Lipinski definition) is 0. The van der Waals surface area contributed by atoms with Crippen molar-refractivity contribution in [3.8, 4) is 23.0 Å². The van der Waals surface area contributed by atoms with Gasteiger partial charge in [0, 0.05) is 0 Å². The summed E-state index contributed by atoms with van der Waals surface area (Å²) in [5.41, 5.74) is 0.368. The molecular weight excluding hydrogens is 380 g/mol. The first-order valence-corrected chi connectivity index (χ1v) is 7.78. The van der Waals surface area contributed by atoms with Gasteiger partial charge < -0.3 is 23.4 Å². The third-order valence-electron chi connectivity index (χ3n) is 3.75. The fraction of sp³-hybridized carbons (Fsp3) is 0.235. The molecule has 0 unspecified atom stereocenters. The van der Waals surface area contributed by atoms with E-state index in [4.69, 9.17) is 23.4 Å². The highest BCUT2D eigenvalue weighted by Crippen LogP contribution is 2.43. The molecule has 0 saturated heterocycles. The summed E-state index contributed by atoms with van der Waals surface area (Å²) in [4.78, 5) is 12.9. The van der Waals surface area contributed by atoms with Crippen LogP contribution >= 0.6 is 15.9 Å². The Balaban J connectivity index is 2.57. The molecule has 126 valence electrons. The first kappa shape index (κ1) is 16.4. The fourth-order valence-electron chi connectivity index (χ4n) is 2.66. The van der Waals surface area contributed by atoms with Crippen LogP contribution in [0.2, 0.25) is 0 Å². The van der Waals surface area contributed by atoms with Crippen molar-refractivity contribution >= 4 is 37.9 Å². The lowest BCUT2D eigenvalue weighted by Crippen LogP contribution is -2.05. The largest absolute Gasteiger partial charge is 0.493 e. The van der Waals surface area contributed by atoms with Gasteiger partial charge in [0.1, 0.15) is 0 Å². The Labute approximate surface area is 146 Å². The Kier molecular flexibility index (Phi) is 4.28. The number of halogens is 1. The fourth-order valence-corrected chi connectivity index (χ4v) is 3.23. The zero-order chi connectivity index (χ0) is 17.4. The zero-order valence-electron chi connectivity index (χ0n) is 13.6. The molecule has 0 spiro atoms. The first-order chi connectivity index (χ1) is 11.6. The molecule has 2 aromatic carbocycles. The highest BCUT2D eigenvalue weighted by molar-refractivity contribution is 9.10. The lowest BCUT2D eigenvalue weighted by Gasteiger charge is -2.14. The monoisotopic (exact) mass is 394 g/mol. The number of ether oxygens (including phenoxy) is 4. The molecule has 3 rings (SSSR count). The predicted octanol–water partition coefficient (Wildman–Crippen LogP) is 3.74. The molecule has 6 nitrogen and oxygen atoms in total. The summed E-state index contributed by atoms with van der Waals surface area (Å²) in [7, 11) is 6.00. The van der Waals surface area contributed by atoms with Crippen molar-refractivity contribution in [2.45, 2.75) is 0 Å². The van der Waals surface area contributed by atoms with Gasteiger partial charge in [-0.2, -0.15) is 0 Å². The molecule has 0 N–H and O–H groups in total. The number of rotatable bonds is 4. The molecule has 0 aliphatic carbocycles. The Morgan fingerprint density at radius 2 is 1.46 bits per heavy atom. The number of hydrogen-bond acceptors (Lipinski definition) is 6. The van der Waals surface area contributed by atoms with Gasteiger partial charge in [0.2, 0.25) is 16.9 Å². The van der Waals surface area contributed by atoms with Crippen molar-refractivity contribution < 1.29 is 23.4 Å². The van der Waals surface area contributed by atoms with Crippen LogP contribution in [0.1, 0.15) is 0 Å². The summed E-state index contributed by atoms with van der Waals surface area (Å²) in [6, 6.07) is 4.96. The third kappa shape index (κ3) is 2.27. The summed E-state index contributed by atoms with van der Waals surface area (Å²) in [5, 5.41) is 0.763. The summed E-state index contributed by atoms with van der Waals surface area (Å²) in [5.74, 6) is 1.58. The van der Waals surface area contributed by atoms with E-state index in [-0.39, 0.29) is 16.6 Å². The molecule has 0 radical (unpaired) electrons. The maximum Gasteiger partial charge on any atom is 0.205 e. The molecule has 1 heterocycles. The van der Waals surface area contributed by atoms with E-state index in [2.05, 4.69) is 15.9 Å². The molecular formula is C17H15BrO6. The minimum Gasteiger partial charge on any atom is -0.493 e. The van der Waals surface area contributed by atoms with Gasteiger partial charge in [0.05, 0.1) is 43.7 Å². The Bertz CT molecular complexity index is 992. The van der Waals surface area contributed by atoms with E-state index in [0.29, 0.717) is 38.2 Å². The average molecular weight is 395 g/mol. The van der Waals surface area contributed by atoms with Crippen molar-refractivity contribution in [2.24, 2.45) is 0 Å². The molecule has 0 fully saturated rings. The van der Waals surface area contributed by atoms with Crippen LogP contribution in [0.4, 0.5) is 0 Å². The molecule has 0 saturated carbocycles. The van der Waals surface area contributed by atoms with Gasteiger partial charge in [-0.3, -0.25) is 4.79 Å². The number of fused-ring (bicyclic) bond motifs is 2. The molecule has 1 aromatic heterocycles. The second-order valence-electron chi connectivity index (χ2n) is 4.91. The molecule has 3 aromatic rings. The SMILES string of the molecule is COc1ccc2c(=O)c3cc(Br)c(OC)c(OC)c3oc2c1OC. The molecule has 24 heavy (non-hydrogen) atoms. The van der Waals surface area contributed by atoms with E-state index in [0.717, 1.165) is 0 Å². The van der Waals surface area contributed by atoms with Crippen molar-refractivity contribution in [1.29, 1.82) is 0 Å². The average Bonchev–Trinajstić information content (AvgIpc) is 2.60. The van der Waals surface area contributed by atoms with Crippen LogP contribution in [0.25, 0.3) is 21.9 Å². The minimum atomic E-state index is -0.200. The molecule has 0 aliphatic rings. The van der Waals surface area contributed by atoms with Gasteiger partial charge in [0.25, 0.3) is 0 Å². The molecule has 0 atom stereocenters. The number of methoxy groups -OCH3 is 4. The van der Waals surface area contributed by atoms with Gasteiger partial charge >= 0.3 is 0 Å². The normalized spacial score (nSPS) is 10.9. The van der Waals surface area contributed by atoms with E-state index in [1.165, 1.54) is 28.4 Å². The standard InChI is InChI=1S/C17H15BrO6/c1-20-11-6-5-8-12(19)9-7-10(18)15(21-2)17(23-4)14(9)24-13(8)16(11)22-3/h5-7H,1-4H3. The van der Waals surface area contributed by atoms with Crippen LogP contribution in [0.5, 0.6) is 23.0 Å². The smallest absolute Gasteiger partial charge is 0.205 e. The Morgan fingerprint density at radius 3 is 2.04 bits per heavy atom. The summed E-state index contributed by atoms with van der Waals surface area (Å²) < 4.78 is 28.0. The summed E-state index contributed by atoms with van der Waals surface area (Å²) >= 11 is 3.39. The van der Waals surface area contributed by atoms with E-state index in [1.807, 2.05) is 0 Å². The van der Waals surface area contributed by atoms with E-state index < -0.39 is 0 Å². The van der Waals surface area contributed by atoms with Gasteiger partial charge in [0.15, 0.2) is 22.7 Å². The highest BCUT2D eigenvalue weighted by atomic mass is 79.9. The van der Waals surface area contributed by atoms with Crippen LogP contribution < -0.4 is 24.4 Å². The molecule has 0 amide bonds. The maximum atomic E-state index is 12.9. The van der Waals surface area contributed by atoms with Crippen LogP contribution in [0.3, 0.4) is 0 Å². The van der Waals surface area contributed by atoms with Crippen molar-refractivity contribution in [3.63, 3.8) is 0 Å². The second-order valence-corrected chi connectivity index (χ2v) is 5.76. The lowest BCUT2D eigenvalue weighted by molar-refractivity contribution is 0.347. The van der Waals surface area contributed by atoms with E-state index >= 15 is 0 Å². The first-order valence-electron chi connectivity index (χ1n) is 6.99. The Hall–Kier alpha value is -2.41. The van der Waals surface area contributed by atoms with Crippen molar-refractivity contribution in [2.75, 3.05) is 28.4 Å². The lowest BCUT2D eigenvalue weighted by atomic mass is 10.1. The van der Waals surface area contributed by atoms with E-state index in [9.17, 15) is 4.79 Å². The van der Waals surface area contributed by atoms with Crippen molar-refractivity contribution in [3.05, 3.63) is 32.9 Å². The van der Waals surface area contributed by atoms with Gasteiger partial charge in [-0.15, -0.1) is 0 Å². The molecule has 0 aliphatic heterocycles. The van der Waals surface area contributed by atoms with Crippen LogP contribution in [-0.4, -0.2) is 28.4 Å². The molecule has 0 bridgehead atoms. The highest BCUT2D eigenvalue weighted by Gasteiger charge is 2.22. The summed E-state index contributed by atoms with van der Waals surface area (Å²) in [6.45, 7) is 0. The quantitative estimate of drug-likeness (QED) is 0.627. The predicted molar refractivity (Wildman–Crippen MR) is 93.9 cm³/mol. The number of benzene rings is 2. The van der Waals surface area contributed by atoms with E-state index in [1.54, 1.807) is 18.2 Å². The topological polar surface area (TPSA) is 67.1 Å². The van der Waals surface area contributed by atoms with Gasteiger partial charge in [-0.25, -0.2) is 0 Å². The van der Waals surface area contributed by atoms with Gasteiger partial charge in [-0.1, -0.05) is 0 Å². The Morgan fingerprint density at radius 1 is 0.833 bits per heavy atom. The molecule has 7 heteroatoms. The zero-order valence-corrected chi connectivity index (χ0v) is 15.1. The van der Waals surface area contributed by atoms with Crippen LogP contribution in [0, 0.1) is 0 Å². The van der Waals surface area contributed by atoms with Crippen LogP contribution in [0.15, 0.2) is 31.9 Å². The summed E-state index contributed by atoms with van der Waals surface area (Å²) in [6.07, 6.45) is 0. The maximum absolute atomic E-state index is 12.9. The van der Waals surface area contributed by atoms with Crippen molar-refractivity contribution in [1.82, 2.24) is 0 Å².